The predicted molar refractivity (Wildman–Crippen MR) is 94.2 cm³/mol. The van der Waals surface area contributed by atoms with E-state index in [4.69, 9.17) is 9.47 Å². The number of hydrogen-bond acceptors (Lipinski definition) is 3. The van der Waals surface area contributed by atoms with Gasteiger partial charge in [0.2, 0.25) is 0 Å². The Morgan fingerprint density at radius 1 is 0.840 bits per heavy atom. The first-order valence-corrected chi connectivity index (χ1v) is 8.33. The molecule has 0 N–H and O–H groups in total. The van der Waals surface area contributed by atoms with Crippen molar-refractivity contribution in [3.8, 4) is 11.5 Å². The van der Waals surface area contributed by atoms with Gasteiger partial charge in [-0.15, -0.1) is 0 Å². The van der Waals surface area contributed by atoms with Crippen LogP contribution in [0.25, 0.3) is 0 Å². The van der Waals surface area contributed by atoms with Crippen molar-refractivity contribution in [1.82, 2.24) is 0 Å². The number of carbonyl (C=O) groups excluding carboxylic acids is 1. The van der Waals surface area contributed by atoms with Gasteiger partial charge in [0.25, 0.3) is 0 Å². The van der Waals surface area contributed by atoms with E-state index in [2.05, 4.69) is 6.07 Å². The molecule has 0 aliphatic carbocycles. The first-order valence-electron chi connectivity index (χ1n) is 8.33. The normalized spacial score (nSPS) is 19.7. The molecule has 3 heteroatoms. The Morgan fingerprint density at radius 2 is 1.56 bits per heavy atom. The van der Waals surface area contributed by atoms with E-state index in [1.54, 1.807) is 0 Å². The van der Waals surface area contributed by atoms with Crippen LogP contribution in [0.15, 0.2) is 60.7 Å². The highest BCUT2D eigenvalue weighted by Crippen LogP contribution is 2.56. The number of esters is 1. The van der Waals surface area contributed by atoms with Crippen LogP contribution in [0.3, 0.4) is 0 Å². The number of hydrogen-bond donors (Lipinski definition) is 0. The van der Waals surface area contributed by atoms with Gasteiger partial charge in [-0.05, 0) is 43.2 Å². The van der Waals surface area contributed by atoms with Gasteiger partial charge in [-0.3, -0.25) is 0 Å². The summed E-state index contributed by atoms with van der Waals surface area (Å²) in [6.45, 7) is 4.08. The fourth-order valence-electron chi connectivity index (χ4n) is 4.16. The molecule has 0 saturated heterocycles. The van der Waals surface area contributed by atoms with Crippen molar-refractivity contribution in [3.63, 3.8) is 0 Å². The van der Waals surface area contributed by atoms with E-state index in [-0.39, 0.29) is 5.97 Å². The van der Waals surface area contributed by atoms with Gasteiger partial charge in [-0.1, -0.05) is 42.5 Å². The molecule has 0 fully saturated rings. The molecule has 0 amide bonds. The third-order valence-electron chi connectivity index (χ3n) is 5.05. The molecule has 3 nitrogen and oxygen atoms in total. The molecule has 1 unspecified atom stereocenters. The molecular formula is C22H16O3. The van der Waals surface area contributed by atoms with Gasteiger partial charge in [0.05, 0.1) is 11.1 Å². The molecule has 2 aliphatic rings. The van der Waals surface area contributed by atoms with Crippen molar-refractivity contribution in [2.45, 2.75) is 19.4 Å². The van der Waals surface area contributed by atoms with Crippen LogP contribution >= 0.6 is 0 Å². The summed E-state index contributed by atoms with van der Waals surface area (Å²) >= 11 is 0. The number of carbonyl (C=O) groups is 1. The summed E-state index contributed by atoms with van der Waals surface area (Å²) in [5.74, 6) is 1.18. The van der Waals surface area contributed by atoms with E-state index in [0.717, 1.165) is 39.3 Å². The average Bonchev–Trinajstić information content (AvgIpc) is 2.88. The molecule has 0 radical (unpaired) electrons. The lowest BCUT2D eigenvalue weighted by Crippen LogP contribution is -2.33. The average molecular weight is 328 g/mol. The summed E-state index contributed by atoms with van der Waals surface area (Å²) in [6, 6.07) is 19.5. The van der Waals surface area contributed by atoms with Crippen molar-refractivity contribution in [1.29, 1.82) is 0 Å². The lowest BCUT2D eigenvalue weighted by atomic mass is 9.76. The van der Waals surface area contributed by atoms with Crippen LogP contribution in [0.1, 0.15) is 38.2 Å². The third kappa shape index (κ3) is 1.73. The van der Waals surface area contributed by atoms with Gasteiger partial charge in [0.15, 0.2) is 5.60 Å². The first-order chi connectivity index (χ1) is 12.1. The molecule has 0 bridgehead atoms. The second kappa shape index (κ2) is 4.73. The van der Waals surface area contributed by atoms with E-state index in [0.29, 0.717) is 5.56 Å². The van der Waals surface area contributed by atoms with Crippen molar-refractivity contribution in [2.24, 2.45) is 0 Å². The molecule has 25 heavy (non-hydrogen) atoms. The van der Waals surface area contributed by atoms with Crippen LogP contribution in [-0.2, 0) is 10.3 Å². The zero-order chi connectivity index (χ0) is 17.2. The van der Waals surface area contributed by atoms with Crippen molar-refractivity contribution < 1.29 is 14.3 Å². The molecule has 2 aliphatic heterocycles. The molecule has 1 atom stereocenters. The van der Waals surface area contributed by atoms with Gasteiger partial charge in [0, 0.05) is 11.1 Å². The lowest BCUT2D eigenvalue weighted by molar-refractivity contribution is 0.0222. The number of fused-ring (bicyclic) bond motifs is 6. The molecule has 0 aromatic heterocycles. The summed E-state index contributed by atoms with van der Waals surface area (Å²) in [4.78, 5) is 12.7. The second-order valence-electron chi connectivity index (χ2n) is 6.67. The number of para-hydroxylation sites is 1. The minimum absolute atomic E-state index is 0.293. The van der Waals surface area contributed by atoms with Gasteiger partial charge < -0.3 is 9.47 Å². The van der Waals surface area contributed by atoms with E-state index >= 15 is 0 Å². The molecule has 3 aromatic rings. The monoisotopic (exact) mass is 328 g/mol. The third-order valence-corrected chi connectivity index (χ3v) is 5.05. The maximum atomic E-state index is 12.7. The van der Waals surface area contributed by atoms with E-state index < -0.39 is 5.60 Å². The molecular weight excluding hydrogens is 312 g/mol. The predicted octanol–water partition coefficient (Wildman–Crippen LogP) is 4.87. The summed E-state index contributed by atoms with van der Waals surface area (Å²) in [5, 5.41) is 0. The van der Waals surface area contributed by atoms with Gasteiger partial charge in [-0.2, -0.15) is 0 Å². The standard InChI is InChI=1S/C22H16O3/c1-13-11-14(2)20-19(12-13)24-18-10-6-5-9-17(18)22(20)16-8-4-3-7-15(16)21(23)25-22/h3-12H,1-2H3. The first kappa shape index (κ1) is 14.3. The Balaban J connectivity index is 1.95. The highest BCUT2D eigenvalue weighted by atomic mass is 16.6. The minimum Gasteiger partial charge on any atom is -0.456 e. The highest BCUT2D eigenvalue weighted by Gasteiger charge is 2.53. The largest absolute Gasteiger partial charge is 0.456 e. The maximum absolute atomic E-state index is 12.7. The summed E-state index contributed by atoms with van der Waals surface area (Å²) in [7, 11) is 0. The fourth-order valence-corrected chi connectivity index (χ4v) is 4.16. The van der Waals surface area contributed by atoms with Crippen LogP contribution in [-0.4, -0.2) is 5.97 Å². The zero-order valence-corrected chi connectivity index (χ0v) is 14.0. The quantitative estimate of drug-likeness (QED) is 0.552. The highest BCUT2D eigenvalue weighted by molar-refractivity contribution is 5.97. The Morgan fingerprint density at radius 3 is 2.40 bits per heavy atom. The number of aryl methyl sites for hydroxylation is 2. The summed E-state index contributed by atoms with van der Waals surface area (Å²) in [6.07, 6.45) is 0. The summed E-state index contributed by atoms with van der Waals surface area (Å²) in [5.41, 5.74) is 4.49. The van der Waals surface area contributed by atoms with Crippen molar-refractivity contribution in [2.75, 3.05) is 0 Å². The SMILES string of the molecule is Cc1cc(C)c2c(c1)Oc1ccccc1C21OC(=O)c2ccccc21. The zero-order valence-electron chi connectivity index (χ0n) is 14.0. The van der Waals surface area contributed by atoms with Gasteiger partial charge >= 0.3 is 5.97 Å². The van der Waals surface area contributed by atoms with Gasteiger partial charge in [-0.25, -0.2) is 4.79 Å². The Labute approximate surface area is 145 Å². The molecule has 122 valence electrons. The number of rotatable bonds is 0. The van der Waals surface area contributed by atoms with Crippen LogP contribution in [0.4, 0.5) is 0 Å². The van der Waals surface area contributed by atoms with E-state index in [1.165, 1.54) is 0 Å². The Hall–Kier alpha value is -3.07. The second-order valence-corrected chi connectivity index (χ2v) is 6.67. The molecule has 0 saturated carbocycles. The van der Waals surface area contributed by atoms with Crippen molar-refractivity contribution >= 4 is 5.97 Å². The van der Waals surface area contributed by atoms with Crippen LogP contribution in [0, 0.1) is 13.8 Å². The van der Waals surface area contributed by atoms with Crippen LogP contribution in [0.5, 0.6) is 11.5 Å². The summed E-state index contributed by atoms with van der Waals surface area (Å²) < 4.78 is 12.3. The van der Waals surface area contributed by atoms with Crippen molar-refractivity contribution in [3.05, 3.63) is 94.0 Å². The molecule has 1 spiro atoms. The fraction of sp³-hybridized carbons (Fsp3) is 0.136. The molecule has 5 rings (SSSR count). The van der Waals surface area contributed by atoms with Crippen LogP contribution in [0.2, 0.25) is 0 Å². The lowest BCUT2D eigenvalue weighted by Gasteiger charge is -2.37. The smallest absolute Gasteiger partial charge is 0.340 e. The van der Waals surface area contributed by atoms with E-state index in [9.17, 15) is 4.79 Å². The number of ether oxygens (including phenoxy) is 2. The number of benzene rings is 3. The minimum atomic E-state index is -0.949. The topological polar surface area (TPSA) is 35.5 Å². The molecule has 2 heterocycles. The molecule has 3 aromatic carbocycles. The van der Waals surface area contributed by atoms with E-state index in [1.807, 2.05) is 68.4 Å². The Bertz CT molecular complexity index is 1050. The Kier molecular flexibility index (Phi) is 2.70. The van der Waals surface area contributed by atoms with Gasteiger partial charge in [0.1, 0.15) is 11.5 Å². The maximum Gasteiger partial charge on any atom is 0.340 e. The van der Waals surface area contributed by atoms with Crippen LogP contribution < -0.4 is 4.74 Å².